The summed E-state index contributed by atoms with van der Waals surface area (Å²) in [6.07, 6.45) is 1.02. The predicted molar refractivity (Wildman–Crippen MR) is 89.9 cm³/mol. The van der Waals surface area contributed by atoms with Gasteiger partial charge in [-0.25, -0.2) is 4.79 Å². The Balaban J connectivity index is 1.94. The van der Waals surface area contributed by atoms with E-state index >= 15 is 0 Å². The number of urea groups is 1. The number of benzene rings is 1. The molecule has 1 N–H and O–H groups in total. The number of rotatable bonds is 4. The van der Waals surface area contributed by atoms with Gasteiger partial charge in [0.15, 0.2) is 0 Å². The summed E-state index contributed by atoms with van der Waals surface area (Å²) in [5.74, 6) is 0.0334. The quantitative estimate of drug-likeness (QED) is 0.625. The van der Waals surface area contributed by atoms with Crippen LogP contribution in [0.25, 0.3) is 0 Å². The SMILES string of the molecule is CC(C)c1ccc(NC(=O)N2CC=C(OS(=O)(=O)C(F)(F)F)CC2)cc1. The smallest absolute Gasteiger partial charge is 0.381 e. The number of alkyl halides is 3. The summed E-state index contributed by atoms with van der Waals surface area (Å²) in [4.78, 5) is 13.5. The van der Waals surface area contributed by atoms with Crippen molar-refractivity contribution in [1.29, 1.82) is 0 Å². The molecule has 0 radical (unpaired) electrons. The van der Waals surface area contributed by atoms with E-state index in [0.29, 0.717) is 11.6 Å². The van der Waals surface area contributed by atoms with Crippen LogP contribution in [0.2, 0.25) is 0 Å². The van der Waals surface area contributed by atoms with Gasteiger partial charge in [-0.3, -0.25) is 0 Å². The molecule has 2 amide bonds. The summed E-state index contributed by atoms with van der Waals surface area (Å²) in [6, 6.07) is 6.88. The van der Waals surface area contributed by atoms with Gasteiger partial charge in [-0.1, -0.05) is 26.0 Å². The van der Waals surface area contributed by atoms with Crippen molar-refractivity contribution in [1.82, 2.24) is 4.90 Å². The second-order valence-electron chi connectivity index (χ2n) is 6.06. The van der Waals surface area contributed by atoms with Crippen molar-refractivity contribution < 1.29 is 30.6 Å². The molecule has 0 saturated carbocycles. The number of nitrogens with one attached hydrogen (secondary N) is 1. The second kappa shape index (κ2) is 7.56. The van der Waals surface area contributed by atoms with Crippen LogP contribution in [0.1, 0.15) is 31.7 Å². The molecule has 2 rings (SSSR count). The minimum Gasteiger partial charge on any atom is -0.381 e. The van der Waals surface area contributed by atoms with E-state index in [9.17, 15) is 26.4 Å². The summed E-state index contributed by atoms with van der Waals surface area (Å²) in [6.45, 7) is 4.08. The lowest BCUT2D eigenvalue weighted by molar-refractivity contribution is -0.0524. The molecule has 26 heavy (non-hydrogen) atoms. The maximum absolute atomic E-state index is 12.3. The Bertz CT molecular complexity index is 787. The Morgan fingerprint density at radius 3 is 2.31 bits per heavy atom. The zero-order chi connectivity index (χ0) is 19.5. The number of halogens is 3. The van der Waals surface area contributed by atoms with Crippen molar-refractivity contribution in [3.63, 3.8) is 0 Å². The molecule has 0 aromatic heterocycles. The molecule has 1 aliphatic heterocycles. The van der Waals surface area contributed by atoms with Crippen LogP contribution in [0.3, 0.4) is 0 Å². The first-order valence-corrected chi connectivity index (χ1v) is 9.26. The van der Waals surface area contributed by atoms with E-state index < -0.39 is 21.7 Å². The van der Waals surface area contributed by atoms with E-state index in [0.717, 1.165) is 11.6 Å². The lowest BCUT2D eigenvalue weighted by Crippen LogP contribution is -2.38. The Morgan fingerprint density at radius 2 is 1.85 bits per heavy atom. The maximum Gasteiger partial charge on any atom is 0.534 e. The molecule has 0 bridgehead atoms. The third-order valence-corrected chi connectivity index (χ3v) is 4.78. The first-order valence-electron chi connectivity index (χ1n) is 7.85. The summed E-state index contributed by atoms with van der Waals surface area (Å²) < 4.78 is 62.9. The highest BCUT2D eigenvalue weighted by molar-refractivity contribution is 7.87. The number of carbonyl (C=O) groups is 1. The van der Waals surface area contributed by atoms with Crippen molar-refractivity contribution in [2.45, 2.75) is 31.7 Å². The summed E-state index contributed by atoms with van der Waals surface area (Å²) in [5.41, 5.74) is -3.77. The highest BCUT2D eigenvalue weighted by Gasteiger charge is 2.48. The van der Waals surface area contributed by atoms with Crippen molar-refractivity contribution in [3.05, 3.63) is 41.7 Å². The van der Waals surface area contributed by atoms with Gasteiger partial charge in [0.1, 0.15) is 5.76 Å². The Kier molecular flexibility index (Phi) is 5.84. The monoisotopic (exact) mass is 392 g/mol. The topological polar surface area (TPSA) is 75.7 Å². The van der Waals surface area contributed by atoms with Crippen LogP contribution in [0.4, 0.5) is 23.7 Å². The summed E-state index contributed by atoms with van der Waals surface area (Å²) >= 11 is 0. The summed E-state index contributed by atoms with van der Waals surface area (Å²) in [7, 11) is -5.68. The normalized spacial score (nSPS) is 15.6. The van der Waals surface area contributed by atoms with E-state index in [4.69, 9.17) is 0 Å². The molecule has 0 fully saturated rings. The third-order valence-electron chi connectivity index (χ3n) is 3.78. The first-order chi connectivity index (χ1) is 12.0. The number of hydrogen-bond acceptors (Lipinski definition) is 4. The first kappa shape index (κ1) is 20.1. The molecular formula is C16H19F3N2O4S. The largest absolute Gasteiger partial charge is 0.534 e. The van der Waals surface area contributed by atoms with Gasteiger partial charge in [0, 0.05) is 25.2 Å². The zero-order valence-electron chi connectivity index (χ0n) is 14.2. The summed E-state index contributed by atoms with van der Waals surface area (Å²) in [5, 5.41) is 2.68. The van der Waals surface area contributed by atoms with Crippen LogP contribution in [-0.4, -0.2) is 37.9 Å². The third kappa shape index (κ3) is 4.90. The molecule has 1 aromatic carbocycles. The van der Waals surface area contributed by atoms with Crippen molar-refractivity contribution in [2.24, 2.45) is 0 Å². The molecule has 1 aromatic rings. The fourth-order valence-corrected chi connectivity index (χ4v) is 2.78. The van der Waals surface area contributed by atoms with Crippen molar-refractivity contribution in [3.8, 4) is 0 Å². The van der Waals surface area contributed by atoms with Gasteiger partial charge in [-0.15, -0.1) is 0 Å². The van der Waals surface area contributed by atoms with Crippen LogP contribution in [0.5, 0.6) is 0 Å². The Labute approximate surface area is 149 Å². The van der Waals surface area contributed by atoms with Crippen LogP contribution >= 0.6 is 0 Å². The second-order valence-corrected chi connectivity index (χ2v) is 7.59. The molecule has 144 valence electrons. The number of anilines is 1. The van der Waals surface area contributed by atoms with E-state index in [2.05, 4.69) is 9.50 Å². The van der Waals surface area contributed by atoms with E-state index in [1.807, 2.05) is 26.0 Å². The highest BCUT2D eigenvalue weighted by Crippen LogP contribution is 2.28. The van der Waals surface area contributed by atoms with Crippen LogP contribution in [-0.2, 0) is 14.3 Å². The number of carbonyl (C=O) groups excluding carboxylic acids is 1. The van der Waals surface area contributed by atoms with E-state index in [-0.39, 0.29) is 25.3 Å². The van der Waals surface area contributed by atoms with Gasteiger partial charge in [-0.05, 0) is 29.7 Å². The van der Waals surface area contributed by atoms with Crippen molar-refractivity contribution in [2.75, 3.05) is 18.4 Å². The number of amides is 2. The molecule has 1 aliphatic rings. The van der Waals surface area contributed by atoms with Gasteiger partial charge in [0.2, 0.25) is 0 Å². The van der Waals surface area contributed by atoms with Gasteiger partial charge in [0.05, 0.1) is 0 Å². The minimum atomic E-state index is -5.68. The molecule has 0 spiro atoms. The molecule has 0 aliphatic carbocycles. The zero-order valence-corrected chi connectivity index (χ0v) is 15.0. The average Bonchev–Trinajstić information content (AvgIpc) is 2.54. The minimum absolute atomic E-state index is 0.0368. The standard InChI is InChI=1S/C16H19F3N2O4S/c1-11(2)12-3-5-13(6-4-12)20-15(22)21-9-7-14(8-10-21)25-26(23,24)16(17,18)19/h3-7,11H,8-10H2,1-2H3,(H,20,22). The number of hydrogen-bond donors (Lipinski definition) is 1. The van der Waals surface area contributed by atoms with Crippen molar-refractivity contribution >= 4 is 21.8 Å². The molecule has 0 saturated heterocycles. The fourth-order valence-electron chi connectivity index (χ4n) is 2.25. The molecule has 6 nitrogen and oxygen atoms in total. The molecule has 10 heteroatoms. The maximum atomic E-state index is 12.3. The average molecular weight is 392 g/mol. The molecule has 0 unspecified atom stereocenters. The molecular weight excluding hydrogens is 373 g/mol. The highest BCUT2D eigenvalue weighted by atomic mass is 32.2. The van der Waals surface area contributed by atoms with Crippen LogP contribution < -0.4 is 5.32 Å². The lowest BCUT2D eigenvalue weighted by atomic mass is 10.0. The molecule has 0 atom stereocenters. The number of nitrogens with zero attached hydrogens (tertiary/aromatic N) is 1. The van der Waals surface area contributed by atoms with Crippen LogP contribution in [0.15, 0.2) is 36.1 Å². The van der Waals surface area contributed by atoms with Gasteiger partial charge in [-0.2, -0.15) is 21.6 Å². The van der Waals surface area contributed by atoms with E-state index in [1.54, 1.807) is 12.1 Å². The van der Waals surface area contributed by atoms with E-state index in [1.165, 1.54) is 4.90 Å². The van der Waals surface area contributed by atoms with Gasteiger partial charge in [0.25, 0.3) is 0 Å². The van der Waals surface area contributed by atoms with Gasteiger partial charge >= 0.3 is 21.7 Å². The Hall–Kier alpha value is -2.23. The van der Waals surface area contributed by atoms with Crippen LogP contribution in [0, 0.1) is 0 Å². The van der Waals surface area contributed by atoms with Gasteiger partial charge < -0.3 is 14.4 Å². The lowest BCUT2D eigenvalue weighted by Gasteiger charge is -2.26. The Morgan fingerprint density at radius 1 is 1.23 bits per heavy atom. The fraction of sp³-hybridized carbons (Fsp3) is 0.438. The predicted octanol–water partition coefficient (Wildman–Crippen LogP) is 3.80. The molecule has 1 heterocycles.